The molecule has 4 nitrogen and oxygen atoms in total. The van der Waals surface area contributed by atoms with Crippen molar-refractivity contribution in [2.24, 2.45) is 0 Å². The van der Waals surface area contributed by atoms with E-state index in [2.05, 4.69) is 9.97 Å². The fourth-order valence-corrected chi connectivity index (χ4v) is 2.23. The summed E-state index contributed by atoms with van der Waals surface area (Å²) < 4.78 is 0. The molecule has 0 aliphatic carbocycles. The molecule has 0 saturated heterocycles. The van der Waals surface area contributed by atoms with Crippen LogP contribution in [0.15, 0.2) is 17.6 Å². The molecule has 84 valence electrons. The van der Waals surface area contributed by atoms with Crippen molar-refractivity contribution in [2.75, 3.05) is 5.73 Å². The highest BCUT2D eigenvalue weighted by molar-refractivity contribution is 7.09. The molecule has 5 heteroatoms. The number of thiazole rings is 1. The lowest BCUT2D eigenvalue weighted by Crippen LogP contribution is -2.08. The Hall–Kier alpha value is -1.46. The molecule has 0 fully saturated rings. The molecule has 0 aromatic carbocycles. The highest BCUT2D eigenvalue weighted by atomic mass is 32.1. The van der Waals surface area contributed by atoms with E-state index in [4.69, 9.17) is 5.73 Å². The zero-order valence-electron chi connectivity index (χ0n) is 9.14. The number of rotatable bonds is 2. The molecular formula is C11H13N3OS. The fourth-order valence-electron chi connectivity index (χ4n) is 1.60. The highest BCUT2D eigenvalue weighted by Gasteiger charge is 2.18. The molecule has 1 unspecified atom stereocenters. The summed E-state index contributed by atoms with van der Waals surface area (Å²) in [5, 5.41) is 13.0. The van der Waals surface area contributed by atoms with Crippen molar-refractivity contribution >= 4 is 17.2 Å². The van der Waals surface area contributed by atoms with E-state index in [1.807, 2.05) is 25.3 Å². The summed E-state index contributed by atoms with van der Waals surface area (Å²) in [6.07, 6.45) is 0.839. The third-order valence-corrected chi connectivity index (χ3v) is 3.22. The van der Waals surface area contributed by atoms with Gasteiger partial charge in [-0.2, -0.15) is 0 Å². The van der Waals surface area contributed by atoms with Crippen LogP contribution in [0.1, 0.15) is 27.9 Å². The Morgan fingerprint density at radius 2 is 2.19 bits per heavy atom. The summed E-state index contributed by atoms with van der Waals surface area (Å²) in [5.74, 6) is 0.359. The van der Waals surface area contributed by atoms with Crippen LogP contribution in [0.2, 0.25) is 0 Å². The quantitative estimate of drug-likeness (QED) is 0.832. The number of aliphatic hydroxyl groups is 1. The molecular weight excluding hydrogens is 222 g/mol. The molecule has 0 amide bonds. The van der Waals surface area contributed by atoms with Gasteiger partial charge in [0.05, 0.1) is 10.7 Å². The summed E-state index contributed by atoms with van der Waals surface area (Å²) in [5.41, 5.74) is 7.97. The lowest BCUT2D eigenvalue weighted by Gasteiger charge is -2.13. The molecule has 2 rings (SSSR count). The molecule has 0 aliphatic heterocycles. The molecule has 2 aromatic heterocycles. The lowest BCUT2D eigenvalue weighted by atomic mass is 10.0. The fraction of sp³-hybridized carbons (Fsp3) is 0.273. The van der Waals surface area contributed by atoms with Crippen molar-refractivity contribution in [3.8, 4) is 0 Å². The molecule has 0 radical (unpaired) electrons. The van der Waals surface area contributed by atoms with Crippen LogP contribution >= 0.6 is 11.3 Å². The van der Waals surface area contributed by atoms with Gasteiger partial charge in [-0.05, 0) is 25.5 Å². The Labute approximate surface area is 97.8 Å². The third-order valence-electron chi connectivity index (χ3n) is 2.43. The smallest absolute Gasteiger partial charge is 0.129 e. The van der Waals surface area contributed by atoms with Crippen molar-refractivity contribution < 1.29 is 5.11 Å². The number of nitrogens with zero attached hydrogens (tertiary/aromatic N) is 2. The number of aromatic nitrogens is 2. The van der Waals surface area contributed by atoms with Crippen LogP contribution in [-0.4, -0.2) is 15.1 Å². The largest absolute Gasteiger partial charge is 0.383 e. The normalized spacial score (nSPS) is 12.7. The van der Waals surface area contributed by atoms with Gasteiger partial charge in [0.25, 0.3) is 0 Å². The van der Waals surface area contributed by atoms with E-state index in [1.165, 1.54) is 11.3 Å². The summed E-state index contributed by atoms with van der Waals surface area (Å²) in [7, 11) is 0. The van der Waals surface area contributed by atoms with Gasteiger partial charge in [-0.3, -0.25) is 0 Å². The number of pyridine rings is 1. The Morgan fingerprint density at radius 1 is 1.44 bits per heavy atom. The average molecular weight is 235 g/mol. The van der Waals surface area contributed by atoms with Crippen LogP contribution in [0.4, 0.5) is 5.82 Å². The minimum atomic E-state index is -0.793. The minimum Gasteiger partial charge on any atom is -0.383 e. The first kappa shape index (κ1) is 11.0. The van der Waals surface area contributed by atoms with Gasteiger partial charge >= 0.3 is 0 Å². The van der Waals surface area contributed by atoms with Gasteiger partial charge in [-0.25, -0.2) is 9.97 Å². The molecule has 16 heavy (non-hydrogen) atoms. The zero-order valence-corrected chi connectivity index (χ0v) is 9.95. The molecule has 3 N–H and O–H groups in total. The summed E-state index contributed by atoms with van der Waals surface area (Å²) in [6, 6.07) is 1.83. The second-order valence-corrected chi connectivity index (χ2v) is 4.68. The minimum absolute atomic E-state index is 0.359. The first-order valence-corrected chi connectivity index (χ1v) is 5.78. The molecule has 1 atom stereocenters. The van der Waals surface area contributed by atoms with Crippen molar-refractivity contribution in [3.05, 3.63) is 39.5 Å². The number of aryl methyl sites for hydroxylation is 2. The van der Waals surface area contributed by atoms with Gasteiger partial charge < -0.3 is 10.8 Å². The lowest BCUT2D eigenvalue weighted by molar-refractivity contribution is 0.215. The van der Waals surface area contributed by atoms with Gasteiger partial charge in [0.15, 0.2) is 0 Å². The van der Waals surface area contributed by atoms with Gasteiger partial charge in [0.2, 0.25) is 0 Å². The second-order valence-electron chi connectivity index (χ2n) is 3.62. The van der Waals surface area contributed by atoms with Crippen LogP contribution in [0.5, 0.6) is 0 Å². The second kappa shape index (κ2) is 4.19. The predicted molar refractivity (Wildman–Crippen MR) is 64.3 cm³/mol. The Kier molecular flexibility index (Phi) is 2.89. The molecule has 2 heterocycles. The SMILES string of the molecule is Cc1nc(C(O)c2c(C)ccnc2N)cs1. The Morgan fingerprint density at radius 3 is 2.75 bits per heavy atom. The third kappa shape index (κ3) is 1.91. The molecule has 0 spiro atoms. The van der Waals surface area contributed by atoms with Crippen molar-refractivity contribution in [2.45, 2.75) is 20.0 Å². The van der Waals surface area contributed by atoms with Crippen LogP contribution in [0.25, 0.3) is 0 Å². The van der Waals surface area contributed by atoms with E-state index in [-0.39, 0.29) is 0 Å². The van der Waals surface area contributed by atoms with Gasteiger partial charge in [-0.1, -0.05) is 0 Å². The topological polar surface area (TPSA) is 72.0 Å². The van der Waals surface area contributed by atoms with E-state index >= 15 is 0 Å². The molecule has 0 aliphatic rings. The zero-order chi connectivity index (χ0) is 11.7. The molecule has 0 saturated carbocycles. The van der Waals surface area contributed by atoms with Crippen LogP contribution in [0, 0.1) is 13.8 Å². The predicted octanol–water partition coefficient (Wildman–Crippen LogP) is 1.82. The van der Waals surface area contributed by atoms with Crippen LogP contribution < -0.4 is 5.73 Å². The van der Waals surface area contributed by atoms with E-state index in [1.54, 1.807) is 6.20 Å². The van der Waals surface area contributed by atoms with E-state index in [0.29, 0.717) is 17.1 Å². The summed E-state index contributed by atoms with van der Waals surface area (Å²) in [6.45, 7) is 3.80. The first-order chi connectivity index (χ1) is 7.59. The maximum absolute atomic E-state index is 10.2. The van der Waals surface area contributed by atoms with E-state index in [9.17, 15) is 5.11 Å². The van der Waals surface area contributed by atoms with Gasteiger partial charge in [0.1, 0.15) is 11.9 Å². The summed E-state index contributed by atoms with van der Waals surface area (Å²) in [4.78, 5) is 8.24. The molecule has 2 aromatic rings. The van der Waals surface area contributed by atoms with Crippen molar-refractivity contribution in [1.82, 2.24) is 9.97 Å². The number of hydrogen-bond acceptors (Lipinski definition) is 5. The number of aliphatic hydroxyl groups excluding tert-OH is 1. The maximum Gasteiger partial charge on any atom is 0.129 e. The number of nitrogen functional groups attached to an aromatic ring is 1. The van der Waals surface area contributed by atoms with Crippen molar-refractivity contribution in [1.29, 1.82) is 0 Å². The first-order valence-electron chi connectivity index (χ1n) is 4.90. The molecule has 0 bridgehead atoms. The Bertz CT molecular complexity index is 489. The Balaban J connectivity index is 2.45. The van der Waals surface area contributed by atoms with Crippen molar-refractivity contribution in [3.63, 3.8) is 0 Å². The van der Waals surface area contributed by atoms with Crippen LogP contribution in [0.3, 0.4) is 0 Å². The number of hydrogen-bond donors (Lipinski definition) is 2. The van der Waals surface area contributed by atoms with Gasteiger partial charge in [-0.15, -0.1) is 11.3 Å². The average Bonchev–Trinajstić information content (AvgIpc) is 2.64. The van der Waals surface area contributed by atoms with E-state index in [0.717, 1.165) is 10.6 Å². The number of anilines is 1. The van der Waals surface area contributed by atoms with Gasteiger partial charge in [0, 0.05) is 17.1 Å². The number of nitrogens with two attached hydrogens (primary N) is 1. The monoisotopic (exact) mass is 235 g/mol. The maximum atomic E-state index is 10.2. The summed E-state index contributed by atoms with van der Waals surface area (Å²) >= 11 is 1.51. The standard InChI is InChI=1S/C11H13N3OS/c1-6-3-4-13-11(12)9(6)10(15)8-5-16-7(2)14-8/h3-5,10,15H,1-2H3,(H2,12,13). The van der Waals surface area contributed by atoms with E-state index < -0.39 is 6.10 Å². The van der Waals surface area contributed by atoms with Crippen LogP contribution in [-0.2, 0) is 0 Å². The highest BCUT2D eigenvalue weighted by Crippen LogP contribution is 2.28.